The molecule has 1 amide bonds. The van der Waals surface area contributed by atoms with Crippen molar-refractivity contribution >= 4 is 23.2 Å². The maximum Gasteiger partial charge on any atom is 0.358 e. The number of esters is 1. The van der Waals surface area contributed by atoms with E-state index in [1.54, 1.807) is 17.5 Å². The van der Waals surface area contributed by atoms with E-state index < -0.39 is 12.1 Å². The summed E-state index contributed by atoms with van der Waals surface area (Å²) < 4.78 is 18.3. The second-order valence-corrected chi connectivity index (χ2v) is 7.51. The first kappa shape index (κ1) is 20.7. The van der Waals surface area contributed by atoms with Gasteiger partial charge in [-0.3, -0.25) is 4.79 Å². The van der Waals surface area contributed by atoms with Gasteiger partial charge in [-0.25, -0.2) is 14.2 Å². The van der Waals surface area contributed by atoms with Crippen LogP contribution in [0.5, 0.6) is 0 Å². The zero-order valence-electron chi connectivity index (χ0n) is 16.1. The van der Waals surface area contributed by atoms with E-state index in [2.05, 4.69) is 10.3 Å². The lowest BCUT2D eigenvalue weighted by Crippen LogP contribution is -2.37. The molecule has 1 heterocycles. The molecule has 3 rings (SSSR count). The van der Waals surface area contributed by atoms with Crippen molar-refractivity contribution in [2.24, 2.45) is 0 Å². The van der Waals surface area contributed by atoms with Crippen molar-refractivity contribution < 1.29 is 18.7 Å². The van der Waals surface area contributed by atoms with Crippen LogP contribution in [0.3, 0.4) is 0 Å². The Bertz CT molecular complexity index is 973. The molecule has 2 atom stereocenters. The summed E-state index contributed by atoms with van der Waals surface area (Å²) in [7, 11) is 0. The lowest BCUT2D eigenvalue weighted by atomic mass is 10.0. The average Bonchev–Trinajstić information content (AvgIpc) is 3.23. The number of aromatic nitrogens is 1. The molecular weight excluding hydrogens is 391 g/mol. The van der Waals surface area contributed by atoms with Gasteiger partial charge in [-0.2, -0.15) is 0 Å². The Morgan fingerprint density at radius 3 is 2.48 bits per heavy atom. The zero-order valence-corrected chi connectivity index (χ0v) is 16.9. The summed E-state index contributed by atoms with van der Waals surface area (Å²) in [6, 6.07) is 15.7. The molecular formula is C22H21FN2O3S. The highest BCUT2D eigenvalue weighted by molar-refractivity contribution is 7.13. The number of halogens is 1. The zero-order chi connectivity index (χ0) is 20.8. The molecule has 0 saturated carbocycles. The summed E-state index contributed by atoms with van der Waals surface area (Å²) >= 11 is 1.25. The van der Waals surface area contributed by atoms with Gasteiger partial charge in [0.15, 0.2) is 11.8 Å². The minimum Gasteiger partial charge on any atom is -0.448 e. The van der Waals surface area contributed by atoms with Gasteiger partial charge in [0, 0.05) is 17.5 Å². The Morgan fingerprint density at radius 2 is 1.79 bits per heavy atom. The summed E-state index contributed by atoms with van der Waals surface area (Å²) in [4.78, 5) is 28.8. The van der Waals surface area contributed by atoms with Crippen molar-refractivity contribution in [2.75, 3.05) is 6.54 Å². The van der Waals surface area contributed by atoms with Crippen LogP contribution in [0.4, 0.5) is 4.39 Å². The third-order valence-electron chi connectivity index (χ3n) is 4.41. The van der Waals surface area contributed by atoms with Crippen LogP contribution in [0, 0.1) is 5.82 Å². The van der Waals surface area contributed by atoms with Crippen molar-refractivity contribution in [3.05, 3.63) is 77.1 Å². The fourth-order valence-electron chi connectivity index (χ4n) is 2.66. The molecule has 7 heteroatoms. The van der Waals surface area contributed by atoms with Crippen LogP contribution in [-0.2, 0) is 9.53 Å². The van der Waals surface area contributed by atoms with Gasteiger partial charge in [0.05, 0.1) is 0 Å². The van der Waals surface area contributed by atoms with Crippen LogP contribution in [0.1, 0.15) is 35.8 Å². The minimum absolute atomic E-state index is 0.117. The standard InChI is InChI=1S/C22H21FN2O3S/c1-14(16-6-4-3-5-7-16)12-24-20(26)15(2)28-22(27)19-13-29-21(25-19)17-8-10-18(23)11-9-17/h3-11,13-15H,12H2,1-2H3,(H,24,26)/t14-,15-/m1/s1. The molecule has 1 N–H and O–H groups in total. The quantitative estimate of drug-likeness (QED) is 0.584. The van der Waals surface area contributed by atoms with Crippen molar-refractivity contribution in [1.29, 1.82) is 0 Å². The third-order valence-corrected chi connectivity index (χ3v) is 5.30. The summed E-state index contributed by atoms with van der Waals surface area (Å²) in [6.07, 6.45) is -0.943. The highest BCUT2D eigenvalue weighted by Crippen LogP contribution is 2.24. The molecule has 150 valence electrons. The molecule has 3 aromatic rings. The predicted octanol–water partition coefficient (Wildman–Crippen LogP) is 4.41. The monoisotopic (exact) mass is 412 g/mol. The van der Waals surface area contributed by atoms with Crippen molar-refractivity contribution in [3.8, 4) is 10.6 Å². The average molecular weight is 412 g/mol. The van der Waals surface area contributed by atoms with Gasteiger partial charge in [-0.1, -0.05) is 37.3 Å². The molecule has 0 aliphatic rings. The first-order chi connectivity index (χ1) is 13.9. The SMILES string of the molecule is C[C@H](CNC(=O)[C@@H](C)OC(=O)c1csc(-c2ccc(F)cc2)n1)c1ccccc1. The molecule has 0 saturated heterocycles. The van der Waals surface area contributed by atoms with E-state index in [1.807, 2.05) is 37.3 Å². The number of ether oxygens (including phenoxy) is 1. The van der Waals surface area contributed by atoms with Crippen molar-refractivity contribution in [1.82, 2.24) is 10.3 Å². The first-order valence-corrected chi connectivity index (χ1v) is 10.1. The Balaban J connectivity index is 1.53. The number of carbonyl (C=O) groups excluding carboxylic acids is 2. The Labute approximate surface area is 172 Å². The van der Waals surface area contributed by atoms with Crippen LogP contribution < -0.4 is 5.32 Å². The molecule has 0 aliphatic heterocycles. The highest BCUT2D eigenvalue weighted by Gasteiger charge is 2.21. The van der Waals surface area contributed by atoms with Gasteiger partial charge in [0.1, 0.15) is 10.8 Å². The number of nitrogens with zero attached hydrogens (tertiary/aromatic N) is 1. The number of hydrogen-bond acceptors (Lipinski definition) is 5. The molecule has 5 nitrogen and oxygen atoms in total. The fraction of sp³-hybridized carbons (Fsp3) is 0.227. The summed E-state index contributed by atoms with van der Waals surface area (Å²) in [5.41, 5.74) is 1.94. The summed E-state index contributed by atoms with van der Waals surface area (Å²) in [5.74, 6) is -1.24. The highest BCUT2D eigenvalue weighted by atomic mass is 32.1. The van der Waals surface area contributed by atoms with Gasteiger partial charge >= 0.3 is 5.97 Å². The van der Waals surface area contributed by atoms with Gasteiger partial charge in [0.2, 0.25) is 0 Å². The first-order valence-electron chi connectivity index (χ1n) is 9.19. The van der Waals surface area contributed by atoms with E-state index in [0.29, 0.717) is 17.1 Å². The summed E-state index contributed by atoms with van der Waals surface area (Å²) in [5, 5.41) is 4.94. The Kier molecular flexibility index (Phi) is 6.72. The lowest BCUT2D eigenvalue weighted by molar-refractivity contribution is -0.129. The normalized spacial score (nSPS) is 12.8. The van der Waals surface area contributed by atoms with Crippen molar-refractivity contribution in [3.63, 3.8) is 0 Å². The fourth-order valence-corrected chi connectivity index (χ4v) is 3.46. The molecule has 0 spiro atoms. The van der Waals surface area contributed by atoms with E-state index >= 15 is 0 Å². The Morgan fingerprint density at radius 1 is 1.10 bits per heavy atom. The third kappa shape index (κ3) is 5.48. The molecule has 0 aliphatic carbocycles. The lowest BCUT2D eigenvalue weighted by Gasteiger charge is -2.16. The molecule has 29 heavy (non-hydrogen) atoms. The van der Waals surface area contributed by atoms with E-state index in [1.165, 1.54) is 30.4 Å². The number of rotatable bonds is 7. The van der Waals surface area contributed by atoms with E-state index in [-0.39, 0.29) is 23.3 Å². The summed E-state index contributed by atoms with van der Waals surface area (Å²) in [6.45, 7) is 3.97. The van der Waals surface area contributed by atoms with Gasteiger partial charge < -0.3 is 10.1 Å². The number of carbonyl (C=O) groups is 2. The number of thiazole rings is 1. The van der Waals surface area contributed by atoms with Gasteiger partial charge in [-0.15, -0.1) is 11.3 Å². The van der Waals surface area contributed by atoms with Crippen LogP contribution in [-0.4, -0.2) is 29.5 Å². The topological polar surface area (TPSA) is 68.3 Å². The van der Waals surface area contributed by atoms with E-state index in [0.717, 1.165) is 5.56 Å². The second kappa shape index (κ2) is 9.43. The molecule has 0 radical (unpaired) electrons. The number of benzene rings is 2. The molecule has 0 bridgehead atoms. The van der Waals surface area contributed by atoms with E-state index in [9.17, 15) is 14.0 Å². The smallest absolute Gasteiger partial charge is 0.358 e. The number of hydrogen-bond donors (Lipinski definition) is 1. The molecule has 0 fully saturated rings. The maximum absolute atomic E-state index is 13.0. The molecule has 1 aromatic heterocycles. The molecule has 0 unspecified atom stereocenters. The Hall–Kier alpha value is -3.06. The van der Waals surface area contributed by atoms with Crippen LogP contribution in [0.2, 0.25) is 0 Å². The van der Waals surface area contributed by atoms with Crippen LogP contribution in [0.15, 0.2) is 60.0 Å². The van der Waals surface area contributed by atoms with E-state index in [4.69, 9.17) is 4.74 Å². The van der Waals surface area contributed by atoms with Crippen molar-refractivity contribution in [2.45, 2.75) is 25.9 Å². The van der Waals surface area contributed by atoms with Crippen LogP contribution >= 0.6 is 11.3 Å². The predicted molar refractivity (Wildman–Crippen MR) is 110 cm³/mol. The van der Waals surface area contributed by atoms with Gasteiger partial charge in [-0.05, 0) is 42.7 Å². The number of amides is 1. The molecule has 2 aromatic carbocycles. The number of nitrogens with one attached hydrogen (secondary N) is 1. The second-order valence-electron chi connectivity index (χ2n) is 6.65. The van der Waals surface area contributed by atoms with Gasteiger partial charge in [0.25, 0.3) is 5.91 Å². The largest absolute Gasteiger partial charge is 0.448 e. The minimum atomic E-state index is -0.943. The maximum atomic E-state index is 13.0. The van der Waals surface area contributed by atoms with Crippen LogP contribution in [0.25, 0.3) is 10.6 Å².